The first kappa shape index (κ1) is 16.6. The lowest BCUT2D eigenvalue weighted by Crippen LogP contribution is -2.41. The maximum Gasteiger partial charge on any atom is 0.276 e. The maximum atomic E-state index is 12.6. The number of piperidine rings is 1. The van der Waals surface area contributed by atoms with Crippen molar-refractivity contribution in [2.24, 2.45) is 11.3 Å². The number of hydrogen-bond acceptors (Lipinski definition) is 4. The standard InChI is InChI=1S/C19H27N3O3/c1-13(2)16-11-15(20-25-16)18(24)22-9-5-19(6-10-22)12-14(19)17(23)21-7-3-4-8-21/h11,13-14H,3-10,12H2,1-2H3/t14-/m1/s1. The van der Waals surface area contributed by atoms with Gasteiger partial charge in [0.25, 0.3) is 5.91 Å². The lowest BCUT2D eigenvalue weighted by Gasteiger charge is -2.32. The minimum absolute atomic E-state index is 0.0476. The molecule has 136 valence electrons. The first-order valence-corrected chi connectivity index (χ1v) is 9.55. The Labute approximate surface area is 148 Å². The molecule has 0 bridgehead atoms. The number of amides is 2. The molecule has 6 heteroatoms. The van der Waals surface area contributed by atoms with Gasteiger partial charge in [0.15, 0.2) is 5.69 Å². The maximum absolute atomic E-state index is 12.6. The average molecular weight is 345 g/mol. The predicted octanol–water partition coefficient (Wildman–Crippen LogP) is 2.66. The molecule has 0 unspecified atom stereocenters. The van der Waals surface area contributed by atoms with Crippen molar-refractivity contribution in [1.29, 1.82) is 0 Å². The number of carbonyl (C=O) groups is 2. The number of likely N-dealkylation sites (tertiary alicyclic amines) is 2. The summed E-state index contributed by atoms with van der Waals surface area (Å²) in [7, 11) is 0. The van der Waals surface area contributed by atoms with Crippen LogP contribution in [0.25, 0.3) is 0 Å². The first-order chi connectivity index (χ1) is 12.0. The molecule has 2 amide bonds. The van der Waals surface area contributed by atoms with Gasteiger partial charge in [-0.15, -0.1) is 0 Å². The first-order valence-electron chi connectivity index (χ1n) is 9.55. The lowest BCUT2D eigenvalue weighted by atomic mass is 9.90. The van der Waals surface area contributed by atoms with Crippen molar-refractivity contribution in [2.75, 3.05) is 26.2 Å². The fraction of sp³-hybridized carbons (Fsp3) is 0.737. The summed E-state index contributed by atoms with van der Waals surface area (Å²) in [6.07, 6.45) is 5.15. The van der Waals surface area contributed by atoms with Gasteiger partial charge in [0.2, 0.25) is 5.91 Å². The van der Waals surface area contributed by atoms with E-state index in [1.807, 2.05) is 23.6 Å². The number of carbonyl (C=O) groups excluding carboxylic acids is 2. The third-order valence-corrected chi connectivity index (χ3v) is 6.27. The van der Waals surface area contributed by atoms with E-state index >= 15 is 0 Å². The second-order valence-electron chi connectivity index (χ2n) is 8.21. The van der Waals surface area contributed by atoms with E-state index in [4.69, 9.17) is 4.52 Å². The van der Waals surface area contributed by atoms with E-state index in [1.165, 1.54) is 0 Å². The molecule has 1 aliphatic carbocycles. The van der Waals surface area contributed by atoms with Crippen molar-refractivity contribution >= 4 is 11.8 Å². The Morgan fingerprint density at radius 1 is 1.16 bits per heavy atom. The van der Waals surface area contributed by atoms with Crippen LogP contribution in [0.5, 0.6) is 0 Å². The Balaban J connectivity index is 1.34. The molecule has 25 heavy (non-hydrogen) atoms. The highest BCUT2D eigenvalue weighted by Gasteiger charge is 2.59. The minimum atomic E-state index is -0.0476. The van der Waals surface area contributed by atoms with Gasteiger partial charge in [0.05, 0.1) is 0 Å². The molecule has 6 nitrogen and oxygen atoms in total. The number of hydrogen-bond donors (Lipinski definition) is 0. The Kier molecular flexibility index (Phi) is 4.08. The summed E-state index contributed by atoms with van der Waals surface area (Å²) in [6, 6.07) is 1.76. The molecule has 3 fully saturated rings. The topological polar surface area (TPSA) is 66.7 Å². The van der Waals surface area contributed by atoms with Gasteiger partial charge < -0.3 is 14.3 Å². The summed E-state index contributed by atoms with van der Waals surface area (Å²) in [5.74, 6) is 1.48. The summed E-state index contributed by atoms with van der Waals surface area (Å²) < 4.78 is 5.25. The molecule has 1 saturated carbocycles. The minimum Gasteiger partial charge on any atom is -0.360 e. The molecule has 1 aromatic rings. The zero-order valence-corrected chi connectivity index (χ0v) is 15.2. The molecule has 2 saturated heterocycles. The van der Waals surface area contributed by atoms with Crippen molar-refractivity contribution < 1.29 is 14.1 Å². The normalized spacial score (nSPS) is 25.0. The molecule has 3 heterocycles. The van der Waals surface area contributed by atoms with Crippen LogP contribution in [0.15, 0.2) is 10.6 Å². The van der Waals surface area contributed by atoms with E-state index in [0.717, 1.165) is 51.0 Å². The summed E-state index contributed by atoms with van der Waals surface area (Å²) in [4.78, 5) is 29.1. The van der Waals surface area contributed by atoms with Gasteiger partial charge in [0.1, 0.15) is 5.76 Å². The number of nitrogens with zero attached hydrogens (tertiary/aromatic N) is 3. The Morgan fingerprint density at radius 2 is 1.84 bits per heavy atom. The van der Waals surface area contributed by atoms with Crippen LogP contribution in [0.2, 0.25) is 0 Å². The van der Waals surface area contributed by atoms with Gasteiger partial charge in [-0.2, -0.15) is 0 Å². The van der Waals surface area contributed by atoms with Crippen LogP contribution in [0.4, 0.5) is 0 Å². The monoisotopic (exact) mass is 345 g/mol. The lowest BCUT2D eigenvalue weighted by molar-refractivity contribution is -0.132. The molecule has 1 aromatic heterocycles. The zero-order chi connectivity index (χ0) is 17.6. The van der Waals surface area contributed by atoms with E-state index < -0.39 is 0 Å². The summed E-state index contributed by atoms with van der Waals surface area (Å²) in [5.41, 5.74) is 0.559. The SMILES string of the molecule is CC(C)c1cc(C(=O)N2CCC3(CC2)C[C@@H]3C(=O)N2CCCC2)no1. The highest BCUT2D eigenvalue weighted by atomic mass is 16.5. The molecule has 0 radical (unpaired) electrons. The fourth-order valence-electron chi connectivity index (χ4n) is 4.39. The molecule has 1 spiro atoms. The van der Waals surface area contributed by atoms with Crippen LogP contribution >= 0.6 is 0 Å². The van der Waals surface area contributed by atoms with Crippen LogP contribution in [-0.4, -0.2) is 52.9 Å². The quantitative estimate of drug-likeness (QED) is 0.845. The fourth-order valence-corrected chi connectivity index (χ4v) is 4.39. The van der Waals surface area contributed by atoms with Gasteiger partial charge in [-0.05, 0) is 37.5 Å². The smallest absolute Gasteiger partial charge is 0.276 e. The third-order valence-electron chi connectivity index (χ3n) is 6.27. The van der Waals surface area contributed by atoms with Crippen LogP contribution in [-0.2, 0) is 4.79 Å². The molecule has 2 aliphatic heterocycles. The van der Waals surface area contributed by atoms with E-state index in [-0.39, 0.29) is 23.2 Å². The highest BCUT2D eigenvalue weighted by Crippen LogP contribution is 2.60. The Hall–Kier alpha value is -1.85. The van der Waals surface area contributed by atoms with E-state index in [9.17, 15) is 9.59 Å². The van der Waals surface area contributed by atoms with Gasteiger partial charge in [-0.1, -0.05) is 19.0 Å². The third kappa shape index (κ3) is 2.96. The second-order valence-corrected chi connectivity index (χ2v) is 8.21. The van der Waals surface area contributed by atoms with Crippen LogP contribution in [0.3, 0.4) is 0 Å². The van der Waals surface area contributed by atoms with Crippen LogP contribution in [0.1, 0.15) is 68.1 Å². The van der Waals surface area contributed by atoms with Crippen molar-refractivity contribution in [1.82, 2.24) is 15.0 Å². The molecular weight excluding hydrogens is 318 g/mol. The van der Waals surface area contributed by atoms with Crippen molar-refractivity contribution in [3.8, 4) is 0 Å². The van der Waals surface area contributed by atoms with Crippen molar-refractivity contribution in [2.45, 2.75) is 51.9 Å². The van der Waals surface area contributed by atoms with Crippen LogP contribution in [0, 0.1) is 11.3 Å². The molecular formula is C19H27N3O3. The molecule has 0 N–H and O–H groups in total. The van der Waals surface area contributed by atoms with Gasteiger partial charge in [-0.25, -0.2) is 0 Å². The van der Waals surface area contributed by atoms with E-state index in [0.29, 0.717) is 24.7 Å². The molecule has 1 atom stereocenters. The molecule has 4 rings (SSSR count). The van der Waals surface area contributed by atoms with Crippen LogP contribution < -0.4 is 0 Å². The second kappa shape index (κ2) is 6.15. The zero-order valence-electron chi connectivity index (χ0n) is 15.2. The number of rotatable bonds is 3. The predicted molar refractivity (Wildman–Crippen MR) is 92.1 cm³/mol. The Morgan fingerprint density at radius 3 is 2.44 bits per heavy atom. The molecule has 0 aromatic carbocycles. The molecule has 3 aliphatic rings. The van der Waals surface area contributed by atoms with Gasteiger partial charge in [-0.3, -0.25) is 9.59 Å². The van der Waals surface area contributed by atoms with E-state index in [1.54, 1.807) is 6.07 Å². The summed E-state index contributed by atoms with van der Waals surface area (Å²) >= 11 is 0. The van der Waals surface area contributed by atoms with E-state index in [2.05, 4.69) is 5.16 Å². The average Bonchev–Trinajstić information content (AvgIpc) is 3.07. The van der Waals surface area contributed by atoms with Crippen molar-refractivity contribution in [3.63, 3.8) is 0 Å². The van der Waals surface area contributed by atoms with Crippen molar-refractivity contribution in [3.05, 3.63) is 17.5 Å². The summed E-state index contributed by atoms with van der Waals surface area (Å²) in [5, 5.41) is 3.93. The highest BCUT2D eigenvalue weighted by molar-refractivity contribution is 5.92. The van der Waals surface area contributed by atoms with Gasteiger partial charge in [0, 0.05) is 44.1 Å². The van der Waals surface area contributed by atoms with Gasteiger partial charge >= 0.3 is 0 Å². The Bertz CT molecular complexity index is 667. The summed E-state index contributed by atoms with van der Waals surface area (Å²) in [6.45, 7) is 7.33. The largest absolute Gasteiger partial charge is 0.360 e. The number of aromatic nitrogens is 1.